The zero-order chi connectivity index (χ0) is 22.7. The predicted octanol–water partition coefficient (Wildman–Crippen LogP) is 7.38. The molecule has 0 fully saturated rings. The molecule has 0 bridgehead atoms. The molecule has 0 N–H and O–H groups in total. The van der Waals surface area contributed by atoms with Gasteiger partial charge in [-0.15, -0.1) is 0 Å². The molecule has 2 heteroatoms. The zero-order valence-corrected chi connectivity index (χ0v) is 20.3. The van der Waals surface area contributed by atoms with Crippen LogP contribution < -0.4 is 0 Å². The van der Waals surface area contributed by atoms with Crippen molar-refractivity contribution in [3.8, 4) is 0 Å². The van der Waals surface area contributed by atoms with E-state index in [0.29, 0.717) is 0 Å². The third kappa shape index (κ3) is 6.40. The first-order chi connectivity index (χ1) is 13.8. The van der Waals surface area contributed by atoms with Gasteiger partial charge in [0.2, 0.25) is 0 Å². The number of hydrogen-bond acceptors (Lipinski definition) is 2. The van der Waals surface area contributed by atoms with Crippen molar-refractivity contribution >= 4 is 11.4 Å². The number of Topliss-reactive ketones (excluding diaryl/α,β-unsaturated/α-hetero) is 1. The van der Waals surface area contributed by atoms with Crippen molar-refractivity contribution in [2.45, 2.75) is 79.8 Å². The van der Waals surface area contributed by atoms with Crippen LogP contribution in [-0.2, 0) is 10.2 Å². The van der Waals surface area contributed by atoms with Crippen molar-refractivity contribution in [2.24, 2.45) is 0 Å². The Morgan fingerprint density at radius 2 is 1.53 bits per heavy atom. The molecular weight excluding hydrogens is 368 g/mol. The van der Waals surface area contributed by atoms with Gasteiger partial charge < -0.3 is 4.74 Å². The second-order valence-corrected chi connectivity index (χ2v) is 10.1. The van der Waals surface area contributed by atoms with E-state index in [1.165, 1.54) is 27.8 Å². The van der Waals surface area contributed by atoms with Crippen molar-refractivity contribution in [1.82, 2.24) is 0 Å². The molecule has 0 aliphatic heterocycles. The molecule has 2 aromatic rings. The highest BCUT2D eigenvalue weighted by atomic mass is 16.5. The van der Waals surface area contributed by atoms with Crippen LogP contribution >= 0.6 is 0 Å². The number of carbonyl (C=O) groups is 1. The number of rotatable bonds is 7. The summed E-state index contributed by atoms with van der Waals surface area (Å²) in [5, 5.41) is 0. The Morgan fingerprint density at radius 1 is 0.933 bits per heavy atom. The summed E-state index contributed by atoms with van der Waals surface area (Å²) in [6.45, 7) is 19.0. The van der Waals surface area contributed by atoms with Crippen molar-refractivity contribution in [2.75, 3.05) is 6.61 Å². The Hall–Kier alpha value is -2.19. The van der Waals surface area contributed by atoms with E-state index < -0.39 is 0 Å². The molecule has 162 valence electrons. The van der Waals surface area contributed by atoms with Crippen molar-refractivity contribution in [1.29, 1.82) is 0 Å². The van der Waals surface area contributed by atoms with Gasteiger partial charge in [-0.25, -0.2) is 0 Å². The molecule has 0 unspecified atom stereocenters. The van der Waals surface area contributed by atoms with Gasteiger partial charge in [-0.1, -0.05) is 67.4 Å². The smallest absolute Gasteiger partial charge is 0.188 e. The number of ether oxygens (including phenoxy) is 1. The van der Waals surface area contributed by atoms with Gasteiger partial charge in [0, 0.05) is 5.56 Å². The van der Waals surface area contributed by atoms with Gasteiger partial charge in [-0.3, -0.25) is 4.79 Å². The Morgan fingerprint density at radius 3 is 2.03 bits per heavy atom. The van der Waals surface area contributed by atoms with E-state index in [2.05, 4.69) is 71.0 Å². The monoisotopic (exact) mass is 406 g/mol. The minimum Gasteiger partial charge on any atom is -0.368 e. The van der Waals surface area contributed by atoms with Crippen LogP contribution in [0.25, 0.3) is 5.57 Å². The molecule has 0 radical (unpaired) electrons. The van der Waals surface area contributed by atoms with Crippen molar-refractivity contribution in [3.05, 3.63) is 75.9 Å². The molecule has 2 rings (SSSR count). The summed E-state index contributed by atoms with van der Waals surface area (Å²) in [6, 6.07) is 13.0. The molecule has 2 aromatic carbocycles. The third-order valence-electron chi connectivity index (χ3n) is 5.52. The lowest BCUT2D eigenvalue weighted by molar-refractivity contribution is 0.00303. The average Bonchev–Trinajstić information content (AvgIpc) is 2.62. The minimum atomic E-state index is -0.318. The Balaban J connectivity index is 2.25. The van der Waals surface area contributed by atoms with Crippen molar-refractivity contribution < 1.29 is 9.53 Å². The highest BCUT2D eigenvalue weighted by Crippen LogP contribution is 2.35. The van der Waals surface area contributed by atoms with E-state index in [9.17, 15) is 4.79 Å². The lowest BCUT2D eigenvalue weighted by Crippen LogP contribution is -2.24. The molecule has 0 saturated heterocycles. The third-order valence-corrected chi connectivity index (χ3v) is 5.52. The number of ketones is 1. The number of aryl methyl sites for hydroxylation is 3. The van der Waals surface area contributed by atoms with E-state index in [0.717, 1.165) is 17.5 Å². The maximum atomic E-state index is 12.6. The van der Waals surface area contributed by atoms with Crippen LogP contribution in [-0.4, -0.2) is 18.0 Å². The molecule has 0 saturated carbocycles. The lowest BCUT2D eigenvalue weighted by Gasteiger charge is -2.28. The van der Waals surface area contributed by atoms with Gasteiger partial charge in [0.05, 0.1) is 5.60 Å². The Bertz CT molecular complexity index is 919. The maximum absolute atomic E-state index is 12.6. The molecule has 0 atom stereocenters. The molecule has 30 heavy (non-hydrogen) atoms. The van der Waals surface area contributed by atoms with E-state index >= 15 is 0 Å². The van der Waals surface area contributed by atoms with Gasteiger partial charge in [0.1, 0.15) is 6.61 Å². The summed E-state index contributed by atoms with van der Waals surface area (Å²) in [7, 11) is 0. The Labute approximate surface area is 183 Å². The predicted molar refractivity (Wildman–Crippen MR) is 128 cm³/mol. The molecule has 0 amide bonds. The van der Waals surface area contributed by atoms with Gasteiger partial charge in [0.15, 0.2) is 5.78 Å². The van der Waals surface area contributed by atoms with Gasteiger partial charge in [-0.05, 0) is 82.6 Å². The Kier molecular flexibility index (Phi) is 7.47. The van der Waals surface area contributed by atoms with E-state index in [-0.39, 0.29) is 23.4 Å². The number of benzene rings is 2. The highest BCUT2D eigenvalue weighted by Gasteiger charge is 2.24. The van der Waals surface area contributed by atoms with E-state index in [1.807, 2.05) is 33.8 Å². The van der Waals surface area contributed by atoms with Crippen LogP contribution in [0.15, 0.2) is 42.5 Å². The normalized spacial score (nSPS) is 12.9. The van der Waals surface area contributed by atoms with Crippen LogP contribution in [0.4, 0.5) is 0 Å². The number of hydrogen-bond donors (Lipinski definition) is 0. The minimum absolute atomic E-state index is 0.0154. The summed E-state index contributed by atoms with van der Waals surface area (Å²) >= 11 is 0. The SMILES string of the molecule is C/C=C(\CC(C)(C)c1cc(C)cc(C)c1)c1ccc(C(=O)COC(C)(C)C)c(C)c1. The summed E-state index contributed by atoms with van der Waals surface area (Å²) in [6.07, 6.45) is 3.13. The zero-order valence-electron chi connectivity index (χ0n) is 20.3. The largest absolute Gasteiger partial charge is 0.368 e. The molecule has 0 aliphatic rings. The maximum Gasteiger partial charge on any atom is 0.188 e. The number of carbonyl (C=O) groups excluding carboxylic acids is 1. The van der Waals surface area contributed by atoms with Crippen LogP contribution in [0, 0.1) is 20.8 Å². The van der Waals surface area contributed by atoms with Gasteiger partial charge >= 0.3 is 0 Å². The van der Waals surface area contributed by atoms with E-state index in [1.54, 1.807) is 0 Å². The summed E-state index contributed by atoms with van der Waals surface area (Å²) in [5.41, 5.74) is 7.89. The average molecular weight is 407 g/mol. The van der Waals surface area contributed by atoms with Crippen LogP contribution in [0.3, 0.4) is 0 Å². The molecule has 0 aromatic heterocycles. The summed E-state index contributed by atoms with van der Waals surface area (Å²) in [4.78, 5) is 12.6. The standard InChI is InChI=1S/C28H38O2/c1-10-22(17-28(8,9)24-14-19(2)13-20(3)15-24)23-11-12-25(21(4)16-23)26(29)18-30-27(5,6)7/h10-16H,17-18H2,1-9H3/b22-10+. The summed E-state index contributed by atoms with van der Waals surface area (Å²) < 4.78 is 5.67. The van der Waals surface area contributed by atoms with Gasteiger partial charge in [0.25, 0.3) is 0 Å². The van der Waals surface area contributed by atoms with Crippen molar-refractivity contribution in [3.63, 3.8) is 0 Å². The van der Waals surface area contributed by atoms with Crippen LogP contribution in [0.5, 0.6) is 0 Å². The second kappa shape index (κ2) is 9.31. The molecular formula is C28H38O2. The topological polar surface area (TPSA) is 26.3 Å². The highest BCUT2D eigenvalue weighted by molar-refractivity contribution is 5.98. The first kappa shape index (κ1) is 24.1. The fourth-order valence-corrected chi connectivity index (χ4v) is 3.85. The lowest BCUT2D eigenvalue weighted by atomic mass is 9.76. The van der Waals surface area contributed by atoms with E-state index in [4.69, 9.17) is 4.74 Å². The summed E-state index contributed by atoms with van der Waals surface area (Å²) in [5.74, 6) is 0.0339. The number of allylic oxidation sites excluding steroid dienone is 2. The second-order valence-electron chi connectivity index (χ2n) is 10.1. The molecule has 0 spiro atoms. The van der Waals surface area contributed by atoms with Crippen LogP contribution in [0.1, 0.15) is 86.1 Å². The first-order valence-corrected chi connectivity index (χ1v) is 10.8. The fourth-order valence-electron chi connectivity index (χ4n) is 3.85. The van der Waals surface area contributed by atoms with Crippen LogP contribution in [0.2, 0.25) is 0 Å². The molecule has 2 nitrogen and oxygen atoms in total. The molecule has 0 aliphatic carbocycles. The molecule has 0 heterocycles. The first-order valence-electron chi connectivity index (χ1n) is 10.8. The fraction of sp³-hybridized carbons (Fsp3) is 0.464. The quantitative estimate of drug-likeness (QED) is 0.448. The van der Waals surface area contributed by atoms with Gasteiger partial charge in [-0.2, -0.15) is 0 Å².